The third-order valence-corrected chi connectivity index (χ3v) is 14.1. The van der Waals surface area contributed by atoms with Gasteiger partial charge < -0.3 is 13.6 Å². The summed E-state index contributed by atoms with van der Waals surface area (Å²) >= 11 is 0. The molecule has 4 heterocycles. The van der Waals surface area contributed by atoms with Crippen molar-refractivity contribution in [3.8, 4) is 45.5 Å². The maximum absolute atomic E-state index is 6.97. The molecule has 0 saturated carbocycles. The van der Waals surface area contributed by atoms with E-state index in [2.05, 4.69) is 228 Å². The minimum Gasteiger partial charge on any atom is -0.455 e. The lowest BCUT2D eigenvalue weighted by atomic mass is 9.96. The van der Waals surface area contributed by atoms with Gasteiger partial charge in [-0.2, -0.15) is 0 Å². The predicted molar refractivity (Wildman–Crippen MR) is 285 cm³/mol. The van der Waals surface area contributed by atoms with Crippen LogP contribution in [0.2, 0.25) is 0 Å². The summed E-state index contributed by atoms with van der Waals surface area (Å²) in [7, 11) is 0. The Labute approximate surface area is 394 Å². The molecule has 0 aliphatic heterocycles. The van der Waals surface area contributed by atoms with Gasteiger partial charge in [-0.05, 0) is 87.6 Å². The Balaban J connectivity index is 1.11. The summed E-state index contributed by atoms with van der Waals surface area (Å²) in [5.41, 5.74) is 10.8. The summed E-state index contributed by atoms with van der Waals surface area (Å²) in [6, 6.07) is 79.6. The van der Waals surface area contributed by atoms with Crippen LogP contribution < -0.4 is 0 Å². The highest BCUT2D eigenvalue weighted by Gasteiger charge is 2.28. The number of furan rings is 1. The lowest BCUT2D eigenvalue weighted by molar-refractivity contribution is 0.672. The lowest BCUT2D eigenvalue weighted by Gasteiger charge is -2.19. The van der Waals surface area contributed by atoms with E-state index in [1.54, 1.807) is 0 Å². The normalized spacial score (nSPS) is 12.1. The van der Waals surface area contributed by atoms with E-state index in [0.717, 1.165) is 115 Å². The van der Waals surface area contributed by atoms with Gasteiger partial charge in [0.1, 0.15) is 11.2 Å². The highest BCUT2D eigenvalue weighted by molar-refractivity contribution is 6.26. The molecule has 0 aliphatic rings. The van der Waals surface area contributed by atoms with Crippen LogP contribution in [0.3, 0.4) is 0 Å². The lowest BCUT2D eigenvalue weighted by Crippen LogP contribution is -2.05. The van der Waals surface area contributed by atoms with E-state index in [-0.39, 0.29) is 0 Å². The van der Waals surface area contributed by atoms with Gasteiger partial charge in [-0.3, -0.25) is 0 Å². The summed E-state index contributed by atoms with van der Waals surface area (Å²) < 4.78 is 11.7. The highest BCUT2D eigenvalue weighted by Crippen LogP contribution is 2.48. The first-order chi connectivity index (χ1) is 34.2. The molecule has 0 spiro atoms. The Morgan fingerprint density at radius 3 is 1.70 bits per heavy atom. The molecule has 11 aromatic carbocycles. The van der Waals surface area contributed by atoms with E-state index in [1.807, 2.05) is 6.07 Å². The van der Waals surface area contributed by atoms with E-state index in [9.17, 15) is 0 Å². The Morgan fingerprint density at radius 1 is 0.333 bits per heavy atom. The highest BCUT2D eigenvalue weighted by atomic mass is 16.3. The molecule has 0 unspecified atom stereocenters. The largest absolute Gasteiger partial charge is 0.455 e. The van der Waals surface area contributed by atoms with Gasteiger partial charge in [0, 0.05) is 49.1 Å². The standard InChI is InChI=1S/C63H37N5O/c1-2-21-42(22-3-1)67-52-30-13-10-24-44(52)50-36-41(33-34-54(50)67)61-64-62(48-29-16-20-38-17-6-7-23-43(38)48)66-63(65-61)58-46-26-8-9-27-47(46)60-57(49-28-12-15-32-56(49)69-60)59(58)68-53-31-14-11-25-45(53)51-35-39-18-4-5-19-40(39)37-55(51)68/h1-37H. The quantitative estimate of drug-likeness (QED) is 0.173. The van der Waals surface area contributed by atoms with E-state index >= 15 is 0 Å². The molecule has 69 heavy (non-hydrogen) atoms. The van der Waals surface area contributed by atoms with Crippen molar-refractivity contribution in [3.63, 3.8) is 0 Å². The summed E-state index contributed by atoms with van der Waals surface area (Å²) in [6.07, 6.45) is 0. The first kappa shape index (κ1) is 37.8. The number of hydrogen-bond donors (Lipinski definition) is 0. The smallest absolute Gasteiger partial charge is 0.166 e. The van der Waals surface area contributed by atoms with E-state index in [1.165, 1.54) is 10.8 Å². The molecule has 0 atom stereocenters. The molecule has 15 aromatic rings. The van der Waals surface area contributed by atoms with Crippen LogP contribution in [0.5, 0.6) is 0 Å². The van der Waals surface area contributed by atoms with Gasteiger partial charge >= 0.3 is 0 Å². The zero-order valence-corrected chi connectivity index (χ0v) is 37.0. The fraction of sp³-hybridized carbons (Fsp3) is 0. The zero-order chi connectivity index (χ0) is 45.2. The number of nitrogens with zero attached hydrogens (tertiary/aromatic N) is 5. The average Bonchev–Trinajstić information content (AvgIpc) is 4.07. The molecule has 320 valence electrons. The van der Waals surface area contributed by atoms with Crippen LogP contribution in [-0.4, -0.2) is 24.1 Å². The van der Waals surface area contributed by atoms with Gasteiger partial charge in [0.2, 0.25) is 0 Å². The van der Waals surface area contributed by atoms with Crippen LogP contribution in [0, 0.1) is 0 Å². The van der Waals surface area contributed by atoms with Gasteiger partial charge in [0.05, 0.1) is 38.7 Å². The monoisotopic (exact) mass is 879 g/mol. The maximum atomic E-state index is 6.97. The number of hydrogen-bond acceptors (Lipinski definition) is 4. The molecule has 6 heteroatoms. The van der Waals surface area contributed by atoms with Crippen molar-refractivity contribution >= 4 is 97.9 Å². The molecule has 15 rings (SSSR count). The maximum Gasteiger partial charge on any atom is 0.166 e. The van der Waals surface area contributed by atoms with Crippen molar-refractivity contribution in [2.75, 3.05) is 0 Å². The second-order valence-electron chi connectivity index (χ2n) is 17.9. The molecule has 0 N–H and O–H groups in total. The first-order valence-corrected chi connectivity index (χ1v) is 23.4. The number of fused-ring (bicyclic) bond motifs is 13. The van der Waals surface area contributed by atoms with Crippen LogP contribution >= 0.6 is 0 Å². The first-order valence-electron chi connectivity index (χ1n) is 23.4. The average molecular weight is 880 g/mol. The van der Waals surface area contributed by atoms with Crippen molar-refractivity contribution in [2.45, 2.75) is 0 Å². The molecule has 0 saturated heterocycles. The minimum atomic E-state index is 0.569. The SMILES string of the molecule is c1ccc(-n2c3ccccc3c3cc(-c4nc(-c5cccc6ccccc56)nc(-c5c(-n6c7ccccc7c7cc8ccccc8cc76)c6c7ccccc7oc6c6ccccc56)n4)ccc32)cc1. The molecule has 0 fully saturated rings. The van der Waals surface area contributed by atoms with Crippen molar-refractivity contribution in [1.29, 1.82) is 0 Å². The molecule has 6 nitrogen and oxygen atoms in total. The molecule has 0 bridgehead atoms. The van der Waals surface area contributed by atoms with Crippen molar-refractivity contribution in [2.24, 2.45) is 0 Å². The summed E-state index contributed by atoms with van der Waals surface area (Å²) in [4.78, 5) is 16.8. The Bertz CT molecular complexity index is 4610. The molecule has 0 aliphatic carbocycles. The third kappa shape index (κ3) is 5.57. The van der Waals surface area contributed by atoms with Crippen LogP contribution in [0.15, 0.2) is 229 Å². The van der Waals surface area contributed by atoms with E-state index < -0.39 is 0 Å². The third-order valence-electron chi connectivity index (χ3n) is 14.1. The van der Waals surface area contributed by atoms with Crippen molar-refractivity contribution in [3.05, 3.63) is 224 Å². The number of benzene rings is 11. The summed E-state index contributed by atoms with van der Waals surface area (Å²) in [5.74, 6) is 1.75. The fourth-order valence-electron chi connectivity index (χ4n) is 11.1. The van der Waals surface area contributed by atoms with Gasteiger partial charge in [-0.25, -0.2) is 15.0 Å². The van der Waals surface area contributed by atoms with Crippen LogP contribution in [-0.2, 0) is 0 Å². The van der Waals surface area contributed by atoms with Gasteiger partial charge in [-0.1, -0.05) is 164 Å². The molecular weight excluding hydrogens is 843 g/mol. The zero-order valence-electron chi connectivity index (χ0n) is 37.0. The Hall–Kier alpha value is -9.39. The molecule has 0 amide bonds. The van der Waals surface area contributed by atoms with Crippen LogP contribution in [0.25, 0.3) is 143 Å². The Morgan fingerprint density at radius 2 is 0.899 bits per heavy atom. The van der Waals surface area contributed by atoms with Gasteiger partial charge in [0.15, 0.2) is 17.5 Å². The second kappa shape index (κ2) is 14.6. The van der Waals surface area contributed by atoms with Crippen LogP contribution in [0.4, 0.5) is 0 Å². The minimum absolute atomic E-state index is 0.569. The second-order valence-corrected chi connectivity index (χ2v) is 17.9. The van der Waals surface area contributed by atoms with Crippen molar-refractivity contribution < 1.29 is 4.42 Å². The molecule has 4 aromatic heterocycles. The van der Waals surface area contributed by atoms with Gasteiger partial charge in [-0.15, -0.1) is 0 Å². The van der Waals surface area contributed by atoms with Crippen molar-refractivity contribution in [1.82, 2.24) is 24.1 Å². The molecule has 0 radical (unpaired) electrons. The Kier molecular flexibility index (Phi) is 7.97. The number of aromatic nitrogens is 5. The van der Waals surface area contributed by atoms with E-state index in [0.29, 0.717) is 17.5 Å². The number of rotatable bonds is 5. The molecular formula is C63H37N5O. The number of para-hydroxylation sites is 4. The summed E-state index contributed by atoms with van der Waals surface area (Å²) in [6.45, 7) is 0. The van der Waals surface area contributed by atoms with Gasteiger partial charge in [0.25, 0.3) is 0 Å². The predicted octanol–water partition coefficient (Wildman–Crippen LogP) is 16.4. The van der Waals surface area contributed by atoms with Crippen LogP contribution in [0.1, 0.15) is 0 Å². The fourth-order valence-corrected chi connectivity index (χ4v) is 11.1. The summed E-state index contributed by atoms with van der Waals surface area (Å²) in [5, 5.41) is 13.1. The topological polar surface area (TPSA) is 61.7 Å². The van der Waals surface area contributed by atoms with E-state index in [4.69, 9.17) is 19.4 Å².